The van der Waals surface area contributed by atoms with Gasteiger partial charge < -0.3 is 19.7 Å². The lowest BCUT2D eigenvalue weighted by molar-refractivity contribution is -0.131. The minimum atomic E-state index is -0.990. The van der Waals surface area contributed by atoms with Gasteiger partial charge in [-0.25, -0.2) is 9.59 Å². The van der Waals surface area contributed by atoms with E-state index in [2.05, 4.69) is 5.32 Å². The van der Waals surface area contributed by atoms with Crippen LogP contribution in [-0.2, 0) is 9.53 Å². The second kappa shape index (κ2) is 12.3. The van der Waals surface area contributed by atoms with E-state index in [9.17, 15) is 9.59 Å². The second-order valence-electron chi connectivity index (χ2n) is 6.75. The minimum absolute atomic E-state index is 0.0609. The Labute approximate surface area is 176 Å². The van der Waals surface area contributed by atoms with Crippen LogP contribution in [0.25, 0.3) is 0 Å². The SMILES string of the molecule is C[C@@H](CC/C=C/C(=O)O)[C@H](OC(=O)Nc1ccccc1)c1ccc(OCCO)cc1. The molecular formula is C23H27NO6. The van der Waals surface area contributed by atoms with Crippen molar-refractivity contribution < 1.29 is 29.3 Å². The molecule has 0 spiro atoms. The smallest absolute Gasteiger partial charge is 0.412 e. The summed E-state index contributed by atoms with van der Waals surface area (Å²) >= 11 is 0. The molecule has 7 heteroatoms. The number of aliphatic hydroxyl groups is 1. The fourth-order valence-electron chi connectivity index (χ4n) is 2.91. The lowest BCUT2D eigenvalue weighted by atomic mass is 9.93. The van der Waals surface area contributed by atoms with Crippen molar-refractivity contribution in [3.8, 4) is 5.75 Å². The number of amides is 1. The summed E-state index contributed by atoms with van der Waals surface area (Å²) in [6.45, 7) is 2.07. The number of hydrogen-bond donors (Lipinski definition) is 3. The van der Waals surface area contributed by atoms with Crippen LogP contribution in [0, 0.1) is 5.92 Å². The zero-order valence-electron chi connectivity index (χ0n) is 16.9. The van der Waals surface area contributed by atoms with Gasteiger partial charge in [0, 0.05) is 11.8 Å². The fourth-order valence-corrected chi connectivity index (χ4v) is 2.91. The van der Waals surface area contributed by atoms with Gasteiger partial charge in [-0.1, -0.05) is 43.3 Å². The van der Waals surface area contributed by atoms with Crippen molar-refractivity contribution in [2.75, 3.05) is 18.5 Å². The summed E-state index contributed by atoms with van der Waals surface area (Å²) in [4.78, 5) is 23.1. The fraction of sp³-hybridized carbons (Fsp3) is 0.304. The van der Waals surface area contributed by atoms with Crippen LogP contribution in [0.15, 0.2) is 66.7 Å². The number of carbonyl (C=O) groups excluding carboxylic acids is 1. The highest BCUT2D eigenvalue weighted by Gasteiger charge is 2.23. The maximum atomic E-state index is 12.5. The van der Waals surface area contributed by atoms with Crippen LogP contribution in [-0.4, -0.2) is 35.5 Å². The van der Waals surface area contributed by atoms with Crippen LogP contribution in [0.4, 0.5) is 10.5 Å². The molecule has 30 heavy (non-hydrogen) atoms. The zero-order valence-corrected chi connectivity index (χ0v) is 16.9. The third-order valence-corrected chi connectivity index (χ3v) is 4.39. The summed E-state index contributed by atoms with van der Waals surface area (Å²) in [5.74, 6) is -0.442. The number of aliphatic carboxylic acids is 1. The molecule has 0 saturated carbocycles. The number of carboxylic acid groups (broad SMARTS) is 1. The molecule has 0 aliphatic rings. The molecule has 160 valence electrons. The van der Waals surface area contributed by atoms with Crippen LogP contribution >= 0.6 is 0 Å². The molecule has 2 rings (SSSR count). The first kappa shape index (κ1) is 23.0. The largest absolute Gasteiger partial charge is 0.491 e. The molecule has 2 aromatic carbocycles. The van der Waals surface area contributed by atoms with Crippen LogP contribution < -0.4 is 10.1 Å². The standard InChI is InChI=1S/C23H27NO6/c1-17(7-5-6-10-21(26)27)22(18-11-13-20(14-12-18)29-16-15-25)30-23(28)24-19-8-3-2-4-9-19/h2-4,6,8-14,17,22,25H,5,7,15-16H2,1H3,(H,24,28)(H,26,27)/b10-6+/t17-,22-/m0/s1. The third-order valence-electron chi connectivity index (χ3n) is 4.39. The van der Waals surface area contributed by atoms with E-state index in [1.807, 2.05) is 37.3 Å². The average molecular weight is 413 g/mol. The molecule has 0 unspecified atom stereocenters. The summed E-state index contributed by atoms with van der Waals surface area (Å²) < 4.78 is 11.1. The lowest BCUT2D eigenvalue weighted by Crippen LogP contribution is -2.22. The number of carboxylic acids is 1. The van der Waals surface area contributed by atoms with Gasteiger partial charge in [0.05, 0.1) is 6.61 Å². The number of para-hydroxylation sites is 1. The van der Waals surface area contributed by atoms with Gasteiger partial charge in [-0.05, 0) is 48.6 Å². The number of ether oxygens (including phenoxy) is 2. The number of anilines is 1. The Morgan fingerprint density at radius 1 is 1.10 bits per heavy atom. The number of rotatable bonds is 11. The number of carbonyl (C=O) groups is 2. The number of benzene rings is 2. The molecule has 0 radical (unpaired) electrons. The molecule has 0 aliphatic carbocycles. The van der Waals surface area contributed by atoms with Gasteiger partial charge >= 0.3 is 12.1 Å². The predicted octanol–water partition coefficient (Wildman–Crippen LogP) is 4.40. The highest BCUT2D eigenvalue weighted by atomic mass is 16.6. The van der Waals surface area contributed by atoms with E-state index in [1.165, 1.54) is 0 Å². The van der Waals surface area contributed by atoms with Crippen molar-refractivity contribution in [3.63, 3.8) is 0 Å². The van der Waals surface area contributed by atoms with Crippen molar-refractivity contribution in [2.24, 2.45) is 5.92 Å². The molecule has 3 N–H and O–H groups in total. The van der Waals surface area contributed by atoms with Crippen molar-refractivity contribution in [3.05, 3.63) is 72.3 Å². The Hall–Kier alpha value is -3.32. The molecule has 0 saturated heterocycles. The van der Waals surface area contributed by atoms with Crippen molar-refractivity contribution >= 4 is 17.7 Å². The van der Waals surface area contributed by atoms with Gasteiger partial charge in [0.2, 0.25) is 0 Å². The van der Waals surface area contributed by atoms with E-state index in [0.717, 1.165) is 11.6 Å². The normalized spacial score (nSPS) is 12.9. The Kier molecular flexibility index (Phi) is 9.40. The topological polar surface area (TPSA) is 105 Å². The molecule has 2 aromatic rings. The second-order valence-corrected chi connectivity index (χ2v) is 6.75. The first-order valence-electron chi connectivity index (χ1n) is 9.75. The van der Waals surface area contributed by atoms with E-state index < -0.39 is 18.2 Å². The van der Waals surface area contributed by atoms with Gasteiger partial charge in [0.25, 0.3) is 0 Å². The zero-order chi connectivity index (χ0) is 21.8. The number of hydrogen-bond acceptors (Lipinski definition) is 5. The van der Waals surface area contributed by atoms with Gasteiger partial charge in [0.15, 0.2) is 0 Å². The molecular weight excluding hydrogens is 386 g/mol. The van der Waals surface area contributed by atoms with Crippen LogP contribution in [0.5, 0.6) is 5.75 Å². The summed E-state index contributed by atoms with van der Waals surface area (Å²) in [6, 6.07) is 16.2. The molecule has 0 heterocycles. The Morgan fingerprint density at radius 3 is 2.43 bits per heavy atom. The monoisotopic (exact) mass is 413 g/mol. The molecule has 1 amide bonds. The van der Waals surface area contributed by atoms with E-state index in [-0.39, 0.29) is 19.1 Å². The quantitative estimate of drug-likeness (QED) is 0.472. The number of nitrogens with one attached hydrogen (secondary N) is 1. The average Bonchev–Trinajstić information content (AvgIpc) is 2.74. The summed E-state index contributed by atoms with van der Waals surface area (Å²) in [5, 5.41) is 20.3. The van der Waals surface area contributed by atoms with Crippen LogP contribution in [0.1, 0.15) is 31.4 Å². The summed E-state index contributed by atoms with van der Waals surface area (Å²) in [6.07, 6.45) is 2.78. The first-order chi connectivity index (χ1) is 14.5. The molecule has 0 bridgehead atoms. The molecule has 0 aliphatic heterocycles. The third kappa shape index (κ3) is 7.97. The number of allylic oxidation sites excluding steroid dienone is 1. The van der Waals surface area contributed by atoms with E-state index >= 15 is 0 Å². The molecule has 0 fully saturated rings. The summed E-state index contributed by atoms with van der Waals surface area (Å²) in [5.41, 5.74) is 1.43. The van der Waals surface area contributed by atoms with Gasteiger partial charge in [-0.15, -0.1) is 0 Å². The first-order valence-corrected chi connectivity index (χ1v) is 9.75. The van der Waals surface area contributed by atoms with Crippen LogP contribution in [0.2, 0.25) is 0 Å². The maximum Gasteiger partial charge on any atom is 0.412 e. The van der Waals surface area contributed by atoms with Gasteiger partial charge in [-0.3, -0.25) is 5.32 Å². The summed E-state index contributed by atoms with van der Waals surface area (Å²) in [7, 11) is 0. The van der Waals surface area contributed by atoms with Crippen molar-refractivity contribution in [1.82, 2.24) is 0 Å². The van der Waals surface area contributed by atoms with Crippen molar-refractivity contribution in [1.29, 1.82) is 0 Å². The van der Waals surface area contributed by atoms with E-state index in [0.29, 0.717) is 24.3 Å². The highest BCUT2D eigenvalue weighted by Crippen LogP contribution is 2.31. The lowest BCUT2D eigenvalue weighted by Gasteiger charge is -2.25. The van der Waals surface area contributed by atoms with Crippen LogP contribution in [0.3, 0.4) is 0 Å². The van der Waals surface area contributed by atoms with E-state index in [4.69, 9.17) is 19.7 Å². The minimum Gasteiger partial charge on any atom is -0.491 e. The maximum absolute atomic E-state index is 12.5. The molecule has 2 atom stereocenters. The van der Waals surface area contributed by atoms with Gasteiger partial charge in [-0.2, -0.15) is 0 Å². The Balaban J connectivity index is 2.10. The Morgan fingerprint density at radius 2 is 1.80 bits per heavy atom. The molecule has 7 nitrogen and oxygen atoms in total. The number of aliphatic hydroxyl groups excluding tert-OH is 1. The van der Waals surface area contributed by atoms with E-state index in [1.54, 1.807) is 30.3 Å². The highest BCUT2D eigenvalue weighted by molar-refractivity contribution is 5.84. The Bertz CT molecular complexity index is 819. The predicted molar refractivity (Wildman–Crippen MR) is 113 cm³/mol. The van der Waals surface area contributed by atoms with Crippen molar-refractivity contribution in [2.45, 2.75) is 25.9 Å². The van der Waals surface area contributed by atoms with Gasteiger partial charge in [0.1, 0.15) is 18.5 Å². The molecule has 0 aromatic heterocycles.